The number of nitrogens with zero attached hydrogens (tertiary/aromatic N) is 1. The van der Waals surface area contributed by atoms with Gasteiger partial charge in [0.15, 0.2) is 0 Å². The second-order valence-corrected chi connectivity index (χ2v) is 11.6. The third-order valence-electron chi connectivity index (χ3n) is 9.02. The molecule has 5 atom stereocenters. The van der Waals surface area contributed by atoms with Crippen LogP contribution in [0.4, 0.5) is 0 Å². The number of hydrogen-bond acceptors (Lipinski definition) is 5. The number of carbonyl (C=O) groups is 5. The van der Waals surface area contributed by atoms with E-state index in [1.165, 1.54) is 0 Å². The number of ketones is 1. The van der Waals surface area contributed by atoms with Crippen LogP contribution in [-0.4, -0.2) is 64.5 Å². The number of H-pyrrole nitrogens is 1. The molecule has 1 saturated carbocycles. The SMILES string of the molecule is O=C(NCc1ccccc1)C(=O)C(CC1CCNC1=O)NC(=O)C1C2CCCC2CN1C(=O)c1cc2ccccc2[nH]1. The first-order valence-corrected chi connectivity index (χ1v) is 14.7. The maximum atomic E-state index is 14.0. The van der Waals surface area contributed by atoms with Crippen molar-refractivity contribution in [2.24, 2.45) is 17.8 Å². The minimum atomic E-state index is -1.19. The molecule has 218 valence electrons. The number of para-hydroxylation sites is 1. The lowest BCUT2D eigenvalue weighted by atomic mass is 9.91. The van der Waals surface area contributed by atoms with Gasteiger partial charge >= 0.3 is 0 Å². The van der Waals surface area contributed by atoms with Gasteiger partial charge in [-0.3, -0.25) is 24.0 Å². The molecule has 3 aliphatic rings. The molecule has 3 heterocycles. The van der Waals surface area contributed by atoms with Crippen LogP contribution in [0.15, 0.2) is 60.7 Å². The van der Waals surface area contributed by atoms with Crippen molar-refractivity contribution in [2.45, 2.75) is 50.7 Å². The lowest BCUT2D eigenvalue weighted by molar-refractivity contribution is -0.141. The first kappa shape index (κ1) is 27.7. The molecule has 3 fully saturated rings. The first-order chi connectivity index (χ1) is 20.4. The van der Waals surface area contributed by atoms with E-state index in [2.05, 4.69) is 20.9 Å². The fourth-order valence-electron chi connectivity index (χ4n) is 6.86. The van der Waals surface area contributed by atoms with Crippen molar-refractivity contribution in [3.05, 3.63) is 71.9 Å². The number of hydrogen-bond donors (Lipinski definition) is 4. The summed E-state index contributed by atoms with van der Waals surface area (Å²) in [4.78, 5) is 71.3. The standard InChI is InChI=1S/C32H35N5O5/c38-28(31(41)34-17-19-7-2-1-3-8-19)25(16-21-13-14-33-29(21)39)36-30(40)27-23-11-6-10-22(23)18-37(27)32(42)26-15-20-9-4-5-12-24(20)35-26/h1-5,7-9,12,15,21-23,25,27,35H,6,10-11,13-14,16-18H2,(H,33,39)(H,34,41)(H,36,40). The minimum Gasteiger partial charge on any atom is -0.356 e. The summed E-state index contributed by atoms with van der Waals surface area (Å²) in [6, 6.07) is 16.7. The van der Waals surface area contributed by atoms with Crippen LogP contribution in [0.3, 0.4) is 0 Å². The van der Waals surface area contributed by atoms with Crippen LogP contribution in [0, 0.1) is 17.8 Å². The number of Topliss-reactive ketones (excluding diaryl/α,β-unsaturated/α-hetero) is 1. The summed E-state index contributed by atoms with van der Waals surface area (Å²) in [5.41, 5.74) is 2.08. The fraction of sp³-hybridized carbons (Fsp3) is 0.406. The monoisotopic (exact) mass is 569 g/mol. The van der Waals surface area contributed by atoms with E-state index in [-0.39, 0.29) is 36.6 Å². The molecule has 4 amide bonds. The third-order valence-corrected chi connectivity index (χ3v) is 9.02. The van der Waals surface area contributed by atoms with Crippen LogP contribution in [0.25, 0.3) is 10.9 Å². The minimum absolute atomic E-state index is 0.0198. The van der Waals surface area contributed by atoms with Gasteiger partial charge in [-0.15, -0.1) is 0 Å². The molecule has 2 saturated heterocycles. The Hall–Kier alpha value is -4.47. The summed E-state index contributed by atoms with van der Waals surface area (Å²) >= 11 is 0. The van der Waals surface area contributed by atoms with Crippen molar-refractivity contribution >= 4 is 40.3 Å². The average Bonchev–Trinajstić information content (AvgIpc) is 3.79. The van der Waals surface area contributed by atoms with Gasteiger partial charge in [0, 0.05) is 36.5 Å². The number of aromatic amines is 1. The van der Waals surface area contributed by atoms with Gasteiger partial charge in [0.25, 0.3) is 11.8 Å². The second kappa shape index (κ2) is 11.8. The van der Waals surface area contributed by atoms with Crippen LogP contribution in [0.2, 0.25) is 0 Å². The molecular formula is C32H35N5O5. The zero-order valence-corrected chi connectivity index (χ0v) is 23.3. The Morgan fingerprint density at radius 1 is 0.976 bits per heavy atom. The summed E-state index contributed by atoms with van der Waals surface area (Å²) in [5, 5.41) is 9.14. The van der Waals surface area contributed by atoms with Gasteiger partial charge < -0.3 is 25.8 Å². The molecule has 42 heavy (non-hydrogen) atoms. The summed E-state index contributed by atoms with van der Waals surface area (Å²) in [7, 11) is 0. The highest BCUT2D eigenvalue weighted by Crippen LogP contribution is 2.43. The fourth-order valence-corrected chi connectivity index (χ4v) is 6.86. The largest absolute Gasteiger partial charge is 0.356 e. The molecule has 0 spiro atoms. The Labute approximate surface area is 243 Å². The molecule has 4 N–H and O–H groups in total. The number of rotatable bonds is 9. The summed E-state index contributed by atoms with van der Waals surface area (Å²) < 4.78 is 0. The average molecular weight is 570 g/mol. The van der Waals surface area contributed by atoms with E-state index in [4.69, 9.17) is 0 Å². The number of fused-ring (bicyclic) bond motifs is 2. The van der Waals surface area contributed by atoms with Crippen LogP contribution in [0.5, 0.6) is 0 Å². The van der Waals surface area contributed by atoms with Crippen molar-refractivity contribution in [3.63, 3.8) is 0 Å². The molecule has 2 aliphatic heterocycles. The Morgan fingerprint density at radius 2 is 1.76 bits per heavy atom. The predicted octanol–water partition coefficient (Wildman–Crippen LogP) is 2.31. The molecule has 6 rings (SSSR count). The van der Waals surface area contributed by atoms with Gasteiger partial charge in [-0.2, -0.15) is 0 Å². The molecule has 2 aromatic carbocycles. The first-order valence-electron chi connectivity index (χ1n) is 14.7. The van der Waals surface area contributed by atoms with Crippen LogP contribution >= 0.6 is 0 Å². The van der Waals surface area contributed by atoms with Crippen molar-refractivity contribution in [3.8, 4) is 0 Å². The maximum absolute atomic E-state index is 14.0. The van der Waals surface area contributed by atoms with E-state index >= 15 is 0 Å². The van der Waals surface area contributed by atoms with E-state index < -0.39 is 35.6 Å². The highest BCUT2D eigenvalue weighted by atomic mass is 16.2. The quantitative estimate of drug-likeness (QED) is 0.293. The normalized spacial score (nSPS) is 23.8. The molecule has 10 nitrogen and oxygen atoms in total. The van der Waals surface area contributed by atoms with Gasteiger partial charge in [-0.25, -0.2) is 0 Å². The van der Waals surface area contributed by atoms with Gasteiger partial charge in [0.1, 0.15) is 11.7 Å². The van der Waals surface area contributed by atoms with E-state index in [0.29, 0.717) is 25.2 Å². The molecule has 0 bridgehead atoms. The molecule has 0 radical (unpaired) electrons. The number of likely N-dealkylation sites (tertiary alicyclic amines) is 1. The number of benzene rings is 2. The Kier molecular flexibility index (Phi) is 7.78. The molecule has 1 aliphatic carbocycles. The maximum Gasteiger partial charge on any atom is 0.289 e. The molecule has 5 unspecified atom stereocenters. The topological polar surface area (TPSA) is 140 Å². The van der Waals surface area contributed by atoms with E-state index in [1.807, 2.05) is 54.6 Å². The molecule has 3 aromatic rings. The summed E-state index contributed by atoms with van der Waals surface area (Å²) in [5.74, 6) is -2.87. The van der Waals surface area contributed by atoms with Gasteiger partial charge in [-0.05, 0) is 55.2 Å². The van der Waals surface area contributed by atoms with Crippen molar-refractivity contribution in [1.82, 2.24) is 25.8 Å². The Morgan fingerprint density at radius 3 is 2.52 bits per heavy atom. The van der Waals surface area contributed by atoms with Crippen molar-refractivity contribution < 1.29 is 24.0 Å². The van der Waals surface area contributed by atoms with E-state index in [0.717, 1.165) is 35.7 Å². The van der Waals surface area contributed by atoms with Crippen molar-refractivity contribution in [2.75, 3.05) is 13.1 Å². The third kappa shape index (κ3) is 5.53. The van der Waals surface area contributed by atoms with Gasteiger partial charge in [0.05, 0.1) is 6.04 Å². The van der Waals surface area contributed by atoms with E-state index in [1.54, 1.807) is 11.0 Å². The number of aromatic nitrogens is 1. The zero-order chi connectivity index (χ0) is 29.2. The Balaban J connectivity index is 1.22. The lowest BCUT2D eigenvalue weighted by Crippen LogP contribution is -2.55. The highest BCUT2D eigenvalue weighted by Gasteiger charge is 2.50. The van der Waals surface area contributed by atoms with Crippen LogP contribution in [0.1, 0.15) is 48.2 Å². The van der Waals surface area contributed by atoms with Crippen LogP contribution < -0.4 is 16.0 Å². The predicted molar refractivity (Wildman–Crippen MR) is 155 cm³/mol. The lowest BCUT2D eigenvalue weighted by Gasteiger charge is -2.29. The zero-order valence-electron chi connectivity index (χ0n) is 23.3. The summed E-state index contributed by atoms with van der Waals surface area (Å²) in [6.07, 6.45) is 3.24. The highest BCUT2D eigenvalue weighted by molar-refractivity contribution is 6.38. The molecule has 1 aromatic heterocycles. The molecular weight excluding hydrogens is 534 g/mol. The number of amides is 4. The van der Waals surface area contributed by atoms with Crippen LogP contribution in [-0.2, 0) is 25.7 Å². The van der Waals surface area contributed by atoms with E-state index in [9.17, 15) is 24.0 Å². The number of carbonyl (C=O) groups excluding carboxylic acids is 5. The van der Waals surface area contributed by atoms with Gasteiger partial charge in [-0.1, -0.05) is 55.0 Å². The Bertz CT molecular complexity index is 1480. The second-order valence-electron chi connectivity index (χ2n) is 11.6. The number of nitrogens with one attached hydrogen (secondary N) is 4. The van der Waals surface area contributed by atoms with Crippen molar-refractivity contribution in [1.29, 1.82) is 0 Å². The molecule has 10 heteroatoms. The summed E-state index contributed by atoms with van der Waals surface area (Å²) in [6.45, 7) is 1.10. The van der Waals surface area contributed by atoms with Gasteiger partial charge in [0.2, 0.25) is 17.6 Å². The smallest absolute Gasteiger partial charge is 0.289 e.